The minimum Gasteiger partial charge on any atom is -0.402 e. The van der Waals surface area contributed by atoms with Crippen LogP contribution in [0.5, 0.6) is 0 Å². The normalized spacial score (nSPS) is 27.0. The average molecular weight is 124 g/mol. The Bertz CT molecular complexity index is 168. The lowest BCUT2D eigenvalue weighted by atomic mass is 9.98. The highest BCUT2D eigenvalue weighted by atomic mass is 14.6. The Morgan fingerprint density at radius 1 is 1.56 bits per heavy atom. The Balaban J connectivity index is 2.74. The van der Waals surface area contributed by atoms with Crippen molar-refractivity contribution in [1.29, 1.82) is 0 Å². The van der Waals surface area contributed by atoms with E-state index in [1.165, 1.54) is 0 Å². The van der Waals surface area contributed by atoms with Gasteiger partial charge in [0.2, 0.25) is 0 Å². The predicted octanol–water partition coefficient (Wildman–Crippen LogP) is 0.711. The van der Waals surface area contributed by atoms with Crippen LogP contribution in [0.4, 0.5) is 0 Å². The first-order valence-electron chi connectivity index (χ1n) is 3.13. The van der Waals surface area contributed by atoms with E-state index < -0.39 is 0 Å². The summed E-state index contributed by atoms with van der Waals surface area (Å²) in [5.74, 6) is 0.470. The molecule has 0 fully saturated rings. The SMILES string of the molecule is CC1CC=C(N)C=C1N. The molecular weight excluding hydrogens is 112 g/mol. The van der Waals surface area contributed by atoms with Gasteiger partial charge in [0.25, 0.3) is 0 Å². The zero-order valence-electron chi connectivity index (χ0n) is 5.59. The molecule has 2 nitrogen and oxygen atoms in total. The number of nitrogens with two attached hydrogens (primary N) is 2. The van der Waals surface area contributed by atoms with Crippen LogP contribution >= 0.6 is 0 Å². The molecule has 0 amide bonds. The van der Waals surface area contributed by atoms with Crippen LogP contribution in [0.15, 0.2) is 23.5 Å². The molecule has 0 heterocycles. The van der Waals surface area contributed by atoms with Crippen LogP contribution in [-0.2, 0) is 0 Å². The lowest BCUT2D eigenvalue weighted by Gasteiger charge is -2.13. The van der Waals surface area contributed by atoms with E-state index in [-0.39, 0.29) is 0 Å². The largest absolute Gasteiger partial charge is 0.402 e. The van der Waals surface area contributed by atoms with Crippen molar-refractivity contribution in [3.63, 3.8) is 0 Å². The Morgan fingerprint density at radius 2 is 2.22 bits per heavy atom. The Labute approximate surface area is 55.2 Å². The van der Waals surface area contributed by atoms with E-state index in [2.05, 4.69) is 6.92 Å². The third-order valence-electron chi connectivity index (χ3n) is 1.61. The Hall–Kier alpha value is -0.920. The third-order valence-corrected chi connectivity index (χ3v) is 1.61. The summed E-state index contributed by atoms with van der Waals surface area (Å²) in [7, 11) is 0. The van der Waals surface area contributed by atoms with Crippen molar-refractivity contribution in [2.24, 2.45) is 17.4 Å². The predicted molar refractivity (Wildman–Crippen MR) is 38.3 cm³/mol. The van der Waals surface area contributed by atoms with Gasteiger partial charge in [-0.15, -0.1) is 0 Å². The fourth-order valence-electron chi connectivity index (χ4n) is 0.843. The van der Waals surface area contributed by atoms with Gasteiger partial charge in [0.15, 0.2) is 0 Å². The smallest absolute Gasteiger partial charge is 0.0291 e. The maximum Gasteiger partial charge on any atom is 0.0291 e. The van der Waals surface area contributed by atoms with Crippen molar-refractivity contribution < 1.29 is 0 Å². The van der Waals surface area contributed by atoms with Crippen LogP contribution in [0, 0.1) is 5.92 Å². The molecule has 1 atom stereocenters. The molecule has 1 unspecified atom stereocenters. The zero-order chi connectivity index (χ0) is 6.85. The standard InChI is InChI=1S/C7H12N2/c1-5-2-3-6(8)4-7(5)9/h3-5H,2,8-9H2,1H3. The van der Waals surface area contributed by atoms with Crippen molar-refractivity contribution >= 4 is 0 Å². The maximum atomic E-state index is 5.61. The van der Waals surface area contributed by atoms with Gasteiger partial charge in [0.05, 0.1) is 0 Å². The lowest BCUT2D eigenvalue weighted by Crippen LogP contribution is -2.13. The van der Waals surface area contributed by atoms with E-state index in [0.717, 1.165) is 17.8 Å². The van der Waals surface area contributed by atoms with Crippen molar-refractivity contribution in [3.8, 4) is 0 Å². The summed E-state index contributed by atoms with van der Waals surface area (Å²) in [5, 5.41) is 0. The van der Waals surface area contributed by atoms with Crippen molar-refractivity contribution in [2.45, 2.75) is 13.3 Å². The molecule has 0 aromatic heterocycles. The molecule has 0 aromatic rings. The number of allylic oxidation sites excluding steroid dienone is 3. The summed E-state index contributed by atoms with van der Waals surface area (Å²) in [6.07, 6.45) is 4.81. The quantitative estimate of drug-likeness (QED) is 0.499. The second kappa shape index (κ2) is 2.13. The minimum atomic E-state index is 0.470. The summed E-state index contributed by atoms with van der Waals surface area (Å²) >= 11 is 0. The molecule has 0 aromatic carbocycles. The third kappa shape index (κ3) is 1.25. The minimum absolute atomic E-state index is 0.470. The van der Waals surface area contributed by atoms with Crippen LogP contribution in [0.25, 0.3) is 0 Å². The lowest BCUT2D eigenvalue weighted by molar-refractivity contribution is 0.671. The second-order valence-electron chi connectivity index (χ2n) is 2.49. The fourth-order valence-corrected chi connectivity index (χ4v) is 0.843. The van der Waals surface area contributed by atoms with E-state index >= 15 is 0 Å². The highest BCUT2D eigenvalue weighted by Gasteiger charge is 2.07. The van der Waals surface area contributed by atoms with Gasteiger partial charge in [-0.1, -0.05) is 13.0 Å². The summed E-state index contributed by atoms with van der Waals surface area (Å²) in [4.78, 5) is 0. The van der Waals surface area contributed by atoms with E-state index in [1.807, 2.05) is 12.2 Å². The highest BCUT2D eigenvalue weighted by molar-refractivity contribution is 5.24. The zero-order valence-corrected chi connectivity index (χ0v) is 5.59. The highest BCUT2D eigenvalue weighted by Crippen LogP contribution is 2.16. The maximum absolute atomic E-state index is 5.61. The van der Waals surface area contributed by atoms with E-state index in [4.69, 9.17) is 11.5 Å². The molecule has 4 N–H and O–H groups in total. The summed E-state index contributed by atoms with van der Waals surface area (Å²) in [6, 6.07) is 0. The van der Waals surface area contributed by atoms with Crippen molar-refractivity contribution in [3.05, 3.63) is 23.5 Å². The van der Waals surface area contributed by atoms with Gasteiger partial charge in [-0.3, -0.25) is 0 Å². The molecule has 0 spiro atoms. The molecule has 1 rings (SSSR count). The molecule has 0 saturated carbocycles. The van der Waals surface area contributed by atoms with Crippen molar-refractivity contribution in [2.75, 3.05) is 0 Å². The number of rotatable bonds is 0. The Kier molecular flexibility index (Phi) is 1.47. The van der Waals surface area contributed by atoms with Gasteiger partial charge in [0.1, 0.15) is 0 Å². The van der Waals surface area contributed by atoms with Crippen LogP contribution in [0.2, 0.25) is 0 Å². The molecule has 9 heavy (non-hydrogen) atoms. The molecule has 0 saturated heterocycles. The van der Waals surface area contributed by atoms with Gasteiger partial charge in [-0.2, -0.15) is 0 Å². The number of hydrogen-bond acceptors (Lipinski definition) is 2. The summed E-state index contributed by atoms with van der Waals surface area (Å²) in [6.45, 7) is 2.09. The van der Waals surface area contributed by atoms with E-state index in [0.29, 0.717) is 5.92 Å². The van der Waals surface area contributed by atoms with Gasteiger partial charge >= 0.3 is 0 Å². The summed E-state index contributed by atoms with van der Waals surface area (Å²) in [5.41, 5.74) is 12.8. The Morgan fingerprint density at radius 3 is 2.67 bits per heavy atom. The molecule has 1 aliphatic carbocycles. The van der Waals surface area contributed by atoms with Crippen LogP contribution < -0.4 is 11.5 Å². The van der Waals surface area contributed by atoms with Crippen molar-refractivity contribution in [1.82, 2.24) is 0 Å². The van der Waals surface area contributed by atoms with Crippen LogP contribution in [0.1, 0.15) is 13.3 Å². The van der Waals surface area contributed by atoms with Gasteiger partial charge < -0.3 is 11.5 Å². The second-order valence-corrected chi connectivity index (χ2v) is 2.49. The van der Waals surface area contributed by atoms with E-state index in [9.17, 15) is 0 Å². The van der Waals surface area contributed by atoms with E-state index in [1.54, 1.807) is 0 Å². The number of hydrogen-bond donors (Lipinski definition) is 2. The molecule has 0 aliphatic heterocycles. The molecule has 0 radical (unpaired) electrons. The fraction of sp³-hybridized carbons (Fsp3) is 0.429. The summed E-state index contributed by atoms with van der Waals surface area (Å²) < 4.78 is 0. The van der Waals surface area contributed by atoms with Gasteiger partial charge in [-0.25, -0.2) is 0 Å². The van der Waals surface area contributed by atoms with Crippen LogP contribution in [-0.4, -0.2) is 0 Å². The topological polar surface area (TPSA) is 52.0 Å². The molecule has 50 valence electrons. The average Bonchev–Trinajstić information content (AvgIpc) is 1.80. The monoisotopic (exact) mass is 124 g/mol. The first-order valence-corrected chi connectivity index (χ1v) is 3.13. The van der Waals surface area contributed by atoms with Crippen LogP contribution in [0.3, 0.4) is 0 Å². The first-order chi connectivity index (χ1) is 4.20. The van der Waals surface area contributed by atoms with Gasteiger partial charge in [0, 0.05) is 11.4 Å². The first kappa shape index (κ1) is 6.20. The van der Waals surface area contributed by atoms with Gasteiger partial charge in [-0.05, 0) is 18.4 Å². The molecule has 0 bridgehead atoms. The molecule has 1 aliphatic rings. The molecule has 2 heteroatoms. The molecular formula is C7H12N2.